The standard InChI is InChI=1S/C23H25F3O2/c1-15-8-9-16(12-15)10-11-21(27)17-4-2-5-18(13-17)22(28)19-6-3-7-20(14-19)23(24,25)26/h3,6-9,12,14-15,17-18H,2,4-5,10-11,13H2,1H3/t15-,17?,18-/m0/s1. The summed E-state index contributed by atoms with van der Waals surface area (Å²) in [7, 11) is 0. The predicted molar refractivity (Wildman–Crippen MR) is 102 cm³/mol. The number of carbonyl (C=O) groups excluding carboxylic acids is 2. The molecule has 1 aromatic rings. The number of alkyl halides is 3. The van der Waals surface area contributed by atoms with Crippen LogP contribution in [0, 0.1) is 17.8 Å². The van der Waals surface area contributed by atoms with Crippen molar-refractivity contribution >= 4 is 11.6 Å². The molecular weight excluding hydrogens is 365 g/mol. The average molecular weight is 390 g/mol. The predicted octanol–water partition coefficient (Wildman–Crippen LogP) is 6.18. The van der Waals surface area contributed by atoms with Gasteiger partial charge in [0.25, 0.3) is 0 Å². The molecule has 28 heavy (non-hydrogen) atoms. The molecule has 3 rings (SSSR count). The van der Waals surface area contributed by atoms with Crippen LogP contribution in [0.4, 0.5) is 13.2 Å². The number of benzene rings is 1. The minimum Gasteiger partial charge on any atom is -0.299 e. The lowest BCUT2D eigenvalue weighted by atomic mass is 9.75. The van der Waals surface area contributed by atoms with E-state index in [0.717, 1.165) is 25.0 Å². The zero-order valence-corrected chi connectivity index (χ0v) is 16.0. The van der Waals surface area contributed by atoms with Crippen molar-refractivity contribution < 1.29 is 22.8 Å². The van der Waals surface area contributed by atoms with E-state index in [9.17, 15) is 22.8 Å². The Kier molecular flexibility index (Phi) is 6.21. The van der Waals surface area contributed by atoms with E-state index in [1.54, 1.807) is 0 Å². The highest BCUT2D eigenvalue weighted by Gasteiger charge is 2.34. The maximum absolute atomic E-state index is 12.9. The summed E-state index contributed by atoms with van der Waals surface area (Å²) in [4.78, 5) is 25.4. The summed E-state index contributed by atoms with van der Waals surface area (Å²) in [6.07, 6.45) is 5.59. The van der Waals surface area contributed by atoms with Crippen LogP contribution in [0.5, 0.6) is 0 Å². The van der Waals surface area contributed by atoms with Crippen LogP contribution in [-0.2, 0) is 11.0 Å². The molecule has 5 heteroatoms. The first-order chi connectivity index (χ1) is 13.2. The summed E-state index contributed by atoms with van der Waals surface area (Å²) in [5.74, 6) is -0.253. The van der Waals surface area contributed by atoms with Crippen molar-refractivity contribution in [2.45, 2.75) is 51.6 Å². The summed E-state index contributed by atoms with van der Waals surface area (Å²) in [5.41, 5.74) is 0.449. The van der Waals surface area contributed by atoms with Gasteiger partial charge in [0, 0.05) is 23.8 Å². The second-order valence-corrected chi connectivity index (χ2v) is 7.93. The largest absolute Gasteiger partial charge is 0.416 e. The fourth-order valence-electron chi connectivity index (χ4n) is 4.17. The van der Waals surface area contributed by atoms with Crippen LogP contribution >= 0.6 is 0 Å². The molecule has 0 saturated heterocycles. The van der Waals surface area contributed by atoms with Crippen molar-refractivity contribution in [1.82, 2.24) is 0 Å². The molecular formula is C23H25F3O2. The highest BCUT2D eigenvalue weighted by Crippen LogP contribution is 2.35. The molecule has 150 valence electrons. The number of ketones is 2. The molecule has 0 radical (unpaired) electrons. The van der Waals surface area contributed by atoms with E-state index in [-0.39, 0.29) is 29.0 Å². The SMILES string of the molecule is C[C@H]1C=CC(CCC(=O)C2CCC[C@H](C(=O)c3cccc(C(F)(F)F)c3)C2)=C1. The van der Waals surface area contributed by atoms with Crippen LogP contribution in [0.1, 0.15) is 61.4 Å². The first-order valence-corrected chi connectivity index (χ1v) is 9.87. The van der Waals surface area contributed by atoms with Crippen LogP contribution in [0.2, 0.25) is 0 Å². The monoisotopic (exact) mass is 390 g/mol. The summed E-state index contributed by atoms with van der Waals surface area (Å²) in [6.45, 7) is 2.09. The molecule has 2 nitrogen and oxygen atoms in total. The summed E-state index contributed by atoms with van der Waals surface area (Å²) < 4.78 is 38.7. The van der Waals surface area contributed by atoms with Crippen molar-refractivity contribution in [3.63, 3.8) is 0 Å². The van der Waals surface area contributed by atoms with Gasteiger partial charge in [0.1, 0.15) is 5.78 Å². The summed E-state index contributed by atoms with van der Waals surface area (Å²) in [6, 6.07) is 4.60. The van der Waals surface area contributed by atoms with Gasteiger partial charge in [0.15, 0.2) is 5.78 Å². The van der Waals surface area contributed by atoms with E-state index in [1.165, 1.54) is 17.7 Å². The van der Waals surface area contributed by atoms with Crippen molar-refractivity contribution in [1.29, 1.82) is 0 Å². The molecule has 0 aliphatic heterocycles. The van der Waals surface area contributed by atoms with Gasteiger partial charge in [0.05, 0.1) is 5.56 Å². The molecule has 0 aromatic heterocycles. The third-order valence-corrected chi connectivity index (χ3v) is 5.73. The van der Waals surface area contributed by atoms with E-state index >= 15 is 0 Å². The summed E-state index contributed by atoms with van der Waals surface area (Å²) in [5, 5.41) is 0. The van der Waals surface area contributed by atoms with Crippen molar-refractivity contribution in [3.05, 3.63) is 59.2 Å². The molecule has 0 spiro atoms. The molecule has 0 amide bonds. The molecule has 1 saturated carbocycles. The van der Waals surface area contributed by atoms with E-state index in [2.05, 4.69) is 25.2 Å². The molecule has 0 heterocycles. The zero-order chi connectivity index (χ0) is 20.3. The van der Waals surface area contributed by atoms with Crippen LogP contribution in [0.25, 0.3) is 0 Å². The number of Topliss-reactive ketones (excluding diaryl/α,β-unsaturated/α-hetero) is 2. The smallest absolute Gasteiger partial charge is 0.299 e. The molecule has 1 fully saturated rings. The molecule has 2 aliphatic carbocycles. The Morgan fingerprint density at radius 3 is 2.57 bits per heavy atom. The molecule has 3 atom stereocenters. The first kappa shape index (κ1) is 20.6. The number of hydrogen-bond donors (Lipinski definition) is 0. The van der Waals surface area contributed by atoms with Gasteiger partial charge in [0.2, 0.25) is 0 Å². The zero-order valence-electron chi connectivity index (χ0n) is 16.0. The fourth-order valence-corrected chi connectivity index (χ4v) is 4.17. The Bertz CT molecular complexity index is 804. The van der Waals surface area contributed by atoms with Crippen molar-refractivity contribution in [2.75, 3.05) is 0 Å². The molecule has 1 aromatic carbocycles. The third kappa shape index (κ3) is 5.00. The van der Waals surface area contributed by atoms with E-state index in [0.29, 0.717) is 31.6 Å². The quantitative estimate of drug-likeness (QED) is 0.544. The summed E-state index contributed by atoms with van der Waals surface area (Å²) >= 11 is 0. The Morgan fingerprint density at radius 2 is 1.89 bits per heavy atom. The molecule has 1 unspecified atom stereocenters. The Labute approximate surface area is 163 Å². The van der Waals surface area contributed by atoms with Crippen molar-refractivity contribution in [3.8, 4) is 0 Å². The molecule has 0 N–H and O–H groups in total. The second kappa shape index (κ2) is 8.46. The Hall–Kier alpha value is -2.17. The second-order valence-electron chi connectivity index (χ2n) is 7.93. The van der Waals surface area contributed by atoms with Gasteiger partial charge in [-0.05, 0) is 43.7 Å². The number of allylic oxidation sites excluding steroid dienone is 4. The van der Waals surface area contributed by atoms with Gasteiger partial charge in [-0.15, -0.1) is 0 Å². The van der Waals surface area contributed by atoms with Gasteiger partial charge in [-0.3, -0.25) is 9.59 Å². The van der Waals surface area contributed by atoms with Gasteiger partial charge in [-0.2, -0.15) is 13.2 Å². The van der Waals surface area contributed by atoms with Gasteiger partial charge >= 0.3 is 6.18 Å². The van der Waals surface area contributed by atoms with Crippen LogP contribution in [-0.4, -0.2) is 11.6 Å². The van der Waals surface area contributed by atoms with Gasteiger partial charge in [-0.25, -0.2) is 0 Å². The van der Waals surface area contributed by atoms with Crippen LogP contribution in [0.15, 0.2) is 48.1 Å². The highest BCUT2D eigenvalue weighted by molar-refractivity contribution is 5.98. The number of hydrogen-bond acceptors (Lipinski definition) is 2. The number of carbonyl (C=O) groups is 2. The van der Waals surface area contributed by atoms with Crippen LogP contribution < -0.4 is 0 Å². The minimum atomic E-state index is -4.47. The first-order valence-electron chi connectivity index (χ1n) is 9.87. The maximum Gasteiger partial charge on any atom is 0.416 e. The highest BCUT2D eigenvalue weighted by atomic mass is 19.4. The lowest BCUT2D eigenvalue weighted by Gasteiger charge is -2.27. The Balaban J connectivity index is 1.61. The van der Waals surface area contributed by atoms with Crippen LogP contribution in [0.3, 0.4) is 0 Å². The van der Waals surface area contributed by atoms with Crippen molar-refractivity contribution in [2.24, 2.45) is 17.8 Å². The van der Waals surface area contributed by atoms with E-state index in [4.69, 9.17) is 0 Å². The fraction of sp³-hybridized carbons (Fsp3) is 0.478. The lowest BCUT2D eigenvalue weighted by molar-refractivity contribution is -0.137. The van der Waals surface area contributed by atoms with Gasteiger partial charge < -0.3 is 0 Å². The average Bonchev–Trinajstić information content (AvgIpc) is 3.10. The van der Waals surface area contributed by atoms with Gasteiger partial charge in [-0.1, -0.05) is 49.3 Å². The third-order valence-electron chi connectivity index (χ3n) is 5.73. The Morgan fingerprint density at radius 1 is 1.14 bits per heavy atom. The van der Waals surface area contributed by atoms with E-state index < -0.39 is 11.7 Å². The number of halogens is 3. The minimum absolute atomic E-state index is 0.0863. The van der Waals surface area contributed by atoms with E-state index in [1.807, 2.05) is 0 Å². The maximum atomic E-state index is 12.9. The molecule has 2 aliphatic rings. The number of rotatable bonds is 6. The normalized spacial score (nSPS) is 24.9. The molecule has 0 bridgehead atoms. The topological polar surface area (TPSA) is 34.1 Å². The lowest BCUT2D eigenvalue weighted by Crippen LogP contribution is -2.27.